The maximum Gasteiger partial charge on any atom is 0.309 e. The van der Waals surface area contributed by atoms with Gasteiger partial charge in [-0.05, 0) is 32.9 Å². The minimum atomic E-state index is -0.0448. The molecule has 1 aliphatic rings. The summed E-state index contributed by atoms with van der Waals surface area (Å²) in [6, 6.07) is 0. The van der Waals surface area contributed by atoms with E-state index in [-0.39, 0.29) is 11.9 Å². The summed E-state index contributed by atoms with van der Waals surface area (Å²) >= 11 is 0. The Kier molecular flexibility index (Phi) is 4.30. The van der Waals surface area contributed by atoms with E-state index in [9.17, 15) is 4.79 Å². The van der Waals surface area contributed by atoms with Crippen LogP contribution in [-0.4, -0.2) is 45.6 Å². The highest BCUT2D eigenvalue weighted by molar-refractivity contribution is 5.72. The summed E-state index contributed by atoms with van der Waals surface area (Å²) < 4.78 is 6.76. The van der Waals surface area contributed by atoms with Crippen LogP contribution >= 0.6 is 0 Å². The van der Waals surface area contributed by atoms with Crippen LogP contribution in [0.25, 0.3) is 0 Å². The number of piperidine rings is 1. The van der Waals surface area contributed by atoms with Gasteiger partial charge in [0.1, 0.15) is 0 Å². The van der Waals surface area contributed by atoms with E-state index in [0.717, 1.165) is 38.2 Å². The number of likely N-dealkylation sites (tertiary alicyclic amines) is 1. The summed E-state index contributed by atoms with van der Waals surface area (Å²) in [5, 5.41) is 7.99. The van der Waals surface area contributed by atoms with E-state index in [1.807, 2.05) is 20.2 Å². The summed E-state index contributed by atoms with van der Waals surface area (Å²) in [4.78, 5) is 13.9. The zero-order valence-corrected chi connectivity index (χ0v) is 11.0. The molecule has 1 aromatic heterocycles. The lowest BCUT2D eigenvalue weighted by Gasteiger charge is -2.29. The van der Waals surface area contributed by atoms with Gasteiger partial charge in [-0.1, -0.05) is 5.21 Å². The number of aromatic nitrogens is 3. The third kappa shape index (κ3) is 3.29. The van der Waals surface area contributed by atoms with Crippen molar-refractivity contribution in [2.75, 3.05) is 19.7 Å². The molecule has 2 rings (SSSR count). The van der Waals surface area contributed by atoms with Gasteiger partial charge < -0.3 is 4.74 Å². The van der Waals surface area contributed by atoms with Crippen molar-refractivity contribution in [1.82, 2.24) is 19.9 Å². The van der Waals surface area contributed by atoms with Crippen molar-refractivity contribution in [3.63, 3.8) is 0 Å². The van der Waals surface area contributed by atoms with Crippen molar-refractivity contribution in [3.05, 3.63) is 11.9 Å². The van der Waals surface area contributed by atoms with Crippen LogP contribution in [0.2, 0.25) is 0 Å². The molecular formula is C12H20N4O2. The number of hydrogen-bond donors (Lipinski definition) is 0. The fraction of sp³-hybridized carbons (Fsp3) is 0.750. The van der Waals surface area contributed by atoms with Crippen molar-refractivity contribution >= 4 is 5.97 Å². The van der Waals surface area contributed by atoms with Crippen LogP contribution in [0.5, 0.6) is 0 Å². The Morgan fingerprint density at radius 1 is 1.50 bits per heavy atom. The third-order valence-electron chi connectivity index (χ3n) is 3.24. The summed E-state index contributed by atoms with van der Waals surface area (Å²) in [7, 11) is 1.86. The van der Waals surface area contributed by atoms with Crippen molar-refractivity contribution in [3.8, 4) is 0 Å². The number of ether oxygens (including phenoxy) is 1. The maximum absolute atomic E-state index is 11.6. The second kappa shape index (κ2) is 5.95. The highest BCUT2D eigenvalue weighted by Gasteiger charge is 2.26. The Hall–Kier alpha value is -1.43. The number of carbonyl (C=O) groups excluding carboxylic acids is 1. The normalized spacial score (nSPS) is 17.9. The van der Waals surface area contributed by atoms with Crippen LogP contribution in [0.1, 0.15) is 25.5 Å². The maximum atomic E-state index is 11.6. The van der Waals surface area contributed by atoms with E-state index in [1.165, 1.54) is 0 Å². The van der Waals surface area contributed by atoms with Gasteiger partial charge in [-0.15, -0.1) is 5.10 Å². The van der Waals surface area contributed by atoms with E-state index in [4.69, 9.17) is 4.74 Å². The summed E-state index contributed by atoms with van der Waals surface area (Å²) in [5.41, 5.74) is 0.979. The molecule has 0 atom stereocenters. The van der Waals surface area contributed by atoms with Crippen LogP contribution in [0, 0.1) is 5.92 Å². The highest BCUT2D eigenvalue weighted by Crippen LogP contribution is 2.19. The molecule has 0 amide bonds. The highest BCUT2D eigenvalue weighted by atomic mass is 16.5. The summed E-state index contributed by atoms with van der Waals surface area (Å²) in [5.74, 6) is 0.0275. The van der Waals surface area contributed by atoms with Gasteiger partial charge in [-0.3, -0.25) is 14.4 Å². The molecule has 0 radical (unpaired) electrons. The molecule has 1 saturated heterocycles. The van der Waals surface area contributed by atoms with Gasteiger partial charge in [-0.2, -0.15) is 0 Å². The topological polar surface area (TPSA) is 60.2 Å². The lowest BCUT2D eigenvalue weighted by Crippen LogP contribution is -2.36. The second-order valence-electron chi connectivity index (χ2n) is 4.69. The number of rotatable bonds is 4. The molecule has 0 bridgehead atoms. The molecule has 0 N–H and O–H groups in total. The van der Waals surface area contributed by atoms with Crippen LogP contribution < -0.4 is 0 Å². The van der Waals surface area contributed by atoms with Gasteiger partial charge in [0.05, 0.1) is 18.2 Å². The number of aryl methyl sites for hydroxylation is 1. The lowest BCUT2D eigenvalue weighted by molar-refractivity contribution is -0.149. The van der Waals surface area contributed by atoms with Gasteiger partial charge in [0.2, 0.25) is 0 Å². The molecule has 1 fully saturated rings. The second-order valence-corrected chi connectivity index (χ2v) is 4.69. The standard InChI is InChI=1S/C12H20N4O2/c1-3-18-12(17)10-4-6-16(7-5-10)9-11-8-15(2)14-13-11/h8,10H,3-7,9H2,1-2H3. The molecule has 0 unspecified atom stereocenters. The van der Waals surface area contributed by atoms with Crippen molar-refractivity contribution in [1.29, 1.82) is 0 Å². The van der Waals surface area contributed by atoms with Crippen molar-refractivity contribution in [2.24, 2.45) is 13.0 Å². The molecule has 0 aliphatic carbocycles. The van der Waals surface area contributed by atoms with Gasteiger partial charge in [0.15, 0.2) is 0 Å². The van der Waals surface area contributed by atoms with E-state index in [1.54, 1.807) is 4.68 Å². The summed E-state index contributed by atoms with van der Waals surface area (Å²) in [6.45, 7) is 4.96. The molecule has 2 heterocycles. The van der Waals surface area contributed by atoms with E-state index in [2.05, 4.69) is 15.2 Å². The smallest absolute Gasteiger partial charge is 0.309 e. The van der Waals surface area contributed by atoms with Gasteiger partial charge in [0.25, 0.3) is 0 Å². The summed E-state index contributed by atoms with van der Waals surface area (Å²) in [6.07, 6.45) is 3.68. The number of esters is 1. The molecule has 18 heavy (non-hydrogen) atoms. The first-order valence-electron chi connectivity index (χ1n) is 6.43. The van der Waals surface area contributed by atoms with E-state index in [0.29, 0.717) is 6.61 Å². The Bertz CT molecular complexity index is 397. The Morgan fingerprint density at radius 2 is 2.22 bits per heavy atom. The van der Waals surface area contributed by atoms with Gasteiger partial charge in [-0.25, -0.2) is 0 Å². The predicted molar refractivity (Wildman–Crippen MR) is 65.6 cm³/mol. The molecule has 0 saturated carbocycles. The van der Waals surface area contributed by atoms with E-state index >= 15 is 0 Å². The Labute approximate surface area is 107 Å². The molecule has 0 spiro atoms. The fourth-order valence-electron chi connectivity index (χ4n) is 2.28. The minimum Gasteiger partial charge on any atom is -0.466 e. The largest absolute Gasteiger partial charge is 0.466 e. The quantitative estimate of drug-likeness (QED) is 0.734. The molecule has 6 heteroatoms. The minimum absolute atomic E-state index is 0.0448. The Morgan fingerprint density at radius 3 is 2.78 bits per heavy atom. The van der Waals surface area contributed by atoms with Gasteiger partial charge in [0, 0.05) is 19.8 Å². The van der Waals surface area contributed by atoms with Crippen molar-refractivity contribution < 1.29 is 9.53 Å². The third-order valence-corrected chi connectivity index (χ3v) is 3.24. The SMILES string of the molecule is CCOC(=O)C1CCN(Cc2cn(C)nn2)CC1. The molecule has 1 aromatic rings. The predicted octanol–water partition coefficient (Wildman–Crippen LogP) is 0.590. The average Bonchev–Trinajstić information content (AvgIpc) is 2.76. The molecule has 1 aliphatic heterocycles. The van der Waals surface area contributed by atoms with Crippen LogP contribution in [-0.2, 0) is 23.1 Å². The van der Waals surface area contributed by atoms with Crippen LogP contribution in [0.15, 0.2) is 6.20 Å². The van der Waals surface area contributed by atoms with E-state index < -0.39 is 0 Å². The van der Waals surface area contributed by atoms with Crippen LogP contribution in [0.4, 0.5) is 0 Å². The number of nitrogens with zero attached hydrogens (tertiary/aromatic N) is 4. The average molecular weight is 252 g/mol. The molecular weight excluding hydrogens is 232 g/mol. The zero-order chi connectivity index (χ0) is 13.0. The Balaban J connectivity index is 1.78. The first kappa shape index (κ1) is 13.0. The fourth-order valence-corrected chi connectivity index (χ4v) is 2.28. The number of carbonyl (C=O) groups is 1. The first-order chi connectivity index (χ1) is 8.69. The number of hydrogen-bond acceptors (Lipinski definition) is 5. The molecule has 100 valence electrons. The molecule has 6 nitrogen and oxygen atoms in total. The zero-order valence-electron chi connectivity index (χ0n) is 11.0. The van der Waals surface area contributed by atoms with Crippen LogP contribution in [0.3, 0.4) is 0 Å². The lowest BCUT2D eigenvalue weighted by atomic mass is 9.97. The van der Waals surface area contributed by atoms with Crippen molar-refractivity contribution in [2.45, 2.75) is 26.3 Å². The van der Waals surface area contributed by atoms with Gasteiger partial charge >= 0.3 is 5.97 Å². The first-order valence-corrected chi connectivity index (χ1v) is 6.43. The monoisotopic (exact) mass is 252 g/mol. The molecule has 0 aromatic carbocycles.